The van der Waals surface area contributed by atoms with E-state index in [0.29, 0.717) is 24.1 Å². The highest BCUT2D eigenvalue weighted by Crippen LogP contribution is 2.22. The lowest BCUT2D eigenvalue weighted by atomic mass is 10.2. The van der Waals surface area contributed by atoms with Crippen molar-refractivity contribution in [3.63, 3.8) is 0 Å². The second-order valence-corrected chi connectivity index (χ2v) is 3.56. The summed E-state index contributed by atoms with van der Waals surface area (Å²) >= 11 is 5.88. The third kappa shape index (κ3) is 1.97. The standard InChI is InChI=1S/C9H11ClN2O2/c10-6-2-1-3-12-9(6)14-8-5-13-4-7(8)11/h1-3,7-8H,4-5,11H2. The quantitative estimate of drug-likeness (QED) is 0.793. The molecule has 2 atom stereocenters. The molecule has 5 heteroatoms. The number of hydrogen-bond acceptors (Lipinski definition) is 4. The number of nitrogens with two attached hydrogens (primary N) is 1. The van der Waals surface area contributed by atoms with Crippen molar-refractivity contribution in [3.05, 3.63) is 23.4 Å². The van der Waals surface area contributed by atoms with Crippen LogP contribution in [0.1, 0.15) is 0 Å². The van der Waals surface area contributed by atoms with E-state index in [0.717, 1.165) is 0 Å². The molecular weight excluding hydrogens is 204 g/mol. The van der Waals surface area contributed by atoms with Crippen LogP contribution >= 0.6 is 11.6 Å². The van der Waals surface area contributed by atoms with E-state index in [-0.39, 0.29) is 12.1 Å². The van der Waals surface area contributed by atoms with Gasteiger partial charge >= 0.3 is 0 Å². The third-order valence-corrected chi connectivity index (χ3v) is 2.35. The van der Waals surface area contributed by atoms with Crippen LogP contribution < -0.4 is 10.5 Å². The Morgan fingerprint density at radius 1 is 1.57 bits per heavy atom. The van der Waals surface area contributed by atoms with E-state index >= 15 is 0 Å². The van der Waals surface area contributed by atoms with Gasteiger partial charge in [0.1, 0.15) is 11.1 Å². The first kappa shape index (κ1) is 9.71. The number of nitrogens with zero attached hydrogens (tertiary/aromatic N) is 1. The number of pyridine rings is 1. The SMILES string of the molecule is NC1COCC1Oc1ncccc1Cl. The summed E-state index contributed by atoms with van der Waals surface area (Å²) in [5, 5.41) is 0.492. The summed E-state index contributed by atoms with van der Waals surface area (Å²) in [6.45, 7) is 1.02. The van der Waals surface area contributed by atoms with Gasteiger partial charge < -0.3 is 15.2 Å². The molecule has 14 heavy (non-hydrogen) atoms. The topological polar surface area (TPSA) is 57.4 Å². The van der Waals surface area contributed by atoms with Gasteiger partial charge in [0.25, 0.3) is 0 Å². The fourth-order valence-electron chi connectivity index (χ4n) is 1.27. The Morgan fingerprint density at radius 2 is 2.43 bits per heavy atom. The second-order valence-electron chi connectivity index (χ2n) is 3.15. The van der Waals surface area contributed by atoms with Gasteiger partial charge in [0, 0.05) is 6.20 Å². The molecular formula is C9H11ClN2O2. The monoisotopic (exact) mass is 214 g/mol. The molecule has 0 saturated carbocycles. The molecule has 0 aromatic carbocycles. The van der Waals surface area contributed by atoms with Crippen molar-refractivity contribution >= 4 is 11.6 Å². The number of hydrogen-bond donors (Lipinski definition) is 1. The molecule has 1 aliphatic heterocycles. The molecule has 76 valence electrons. The van der Waals surface area contributed by atoms with Gasteiger partial charge in [-0.05, 0) is 12.1 Å². The Balaban J connectivity index is 2.07. The molecule has 2 N–H and O–H groups in total. The van der Waals surface area contributed by atoms with E-state index in [4.69, 9.17) is 26.8 Å². The van der Waals surface area contributed by atoms with Crippen molar-refractivity contribution < 1.29 is 9.47 Å². The molecule has 1 aromatic rings. The molecule has 0 spiro atoms. The van der Waals surface area contributed by atoms with E-state index in [1.165, 1.54) is 0 Å². The normalized spacial score (nSPS) is 26.4. The highest BCUT2D eigenvalue weighted by atomic mass is 35.5. The van der Waals surface area contributed by atoms with Gasteiger partial charge in [0.05, 0.1) is 19.3 Å². The average molecular weight is 215 g/mol. The maximum atomic E-state index is 5.88. The van der Waals surface area contributed by atoms with Crippen molar-refractivity contribution in [2.45, 2.75) is 12.1 Å². The minimum atomic E-state index is -0.151. The number of halogens is 1. The van der Waals surface area contributed by atoms with E-state index in [9.17, 15) is 0 Å². The fourth-order valence-corrected chi connectivity index (χ4v) is 1.44. The lowest BCUT2D eigenvalue weighted by Gasteiger charge is -2.15. The molecule has 1 aliphatic rings. The third-order valence-electron chi connectivity index (χ3n) is 2.06. The Kier molecular flexibility index (Phi) is 2.86. The number of aromatic nitrogens is 1. The van der Waals surface area contributed by atoms with Crippen LogP contribution in [0.5, 0.6) is 5.88 Å². The first-order valence-corrected chi connectivity index (χ1v) is 4.75. The van der Waals surface area contributed by atoms with Gasteiger partial charge in [-0.1, -0.05) is 11.6 Å². The summed E-state index contributed by atoms with van der Waals surface area (Å²) in [5.74, 6) is 0.417. The lowest BCUT2D eigenvalue weighted by Crippen LogP contribution is -2.37. The molecule has 1 fully saturated rings. The van der Waals surface area contributed by atoms with E-state index in [1.54, 1.807) is 18.3 Å². The molecule has 0 radical (unpaired) electrons. The lowest BCUT2D eigenvalue weighted by molar-refractivity contribution is 0.137. The minimum absolute atomic E-state index is 0.104. The van der Waals surface area contributed by atoms with Crippen LogP contribution in [0, 0.1) is 0 Å². The molecule has 1 aromatic heterocycles. The number of ether oxygens (including phenoxy) is 2. The molecule has 2 heterocycles. The summed E-state index contributed by atoms with van der Waals surface area (Å²) in [6.07, 6.45) is 1.48. The van der Waals surface area contributed by atoms with Crippen molar-refractivity contribution in [2.75, 3.05) is 13.2 Å². The van der Waals surface area contributed by atoms with E-state index in [1.807, 2.05) is 0 Å². The van der Waals surface area contributed by atoms with Gasteiger partial charge in [-0.3, -0.25) is 0 Å². The second kappa shape index (κ2) is 4.13. The van der Waals surface area contributed by atoms with Crippen LogP contribution in [0.25, 0.3) is 0 Å². The van der Waals surface area contributed by atoms with Crippen LogP contribution in [0.3, 0.4) is 0 Å². The maximum Gasteiger partial charge on any atom is 0.232 e. The van der Waals surface area contributed by atoms with E-state index < -0.39 is 0 Å². The molecule has 4 nitrogen and oxygen atoms in total. The first-order valence-electron chi connectivity index (χ1n) is 4.38. The molecule has 2 rings (SSSR count). The zero-order valence-electron chi connectivity index (χ0n) is 7.52. The van der Waals surface area contributed by atoms with Gasteiger partial charge in [-0.2, -0.15) is 0 Å². The summed E-state index contributed by atoms with van der Waals surface area (Å²) in [7, 11) is 0. The molecule has 0 aliphatic carbocycles. The van der Waals surface area contributed by atoms with Gasteiger partial charge in [0.15, 0.2) is 0 Å². The predicted octanol–water partition coefficient (Wildman–Crippen LogP) is 0.840. The summed E-state index contributed by atoms with van der Waals surface area (Å²) in [4.78, 5) is 4.01. The highest BCUT2D eigenvalue weighted by molar-refractivity contribution is 6.31. The van der Waals surface area contributed by atoms with Crippen LogP contribution in [-0.2, 0) is 4.74 Å². The molecule has 0 amide bonds. The maximum absolute atomic E-state index is 5.88. The molecule has 2 unspecified atom stereocenters. The summed E-state index contributed by atoms with van der Waals surface area (Å²) in [6, 6.07) is 3.37. The first-order chi connectivity index (χ1) is 6.77. The largest absolute Gasteiger partial charge is 0.469 e. The smallest absolute Gasteiger partial charge is 0.232 e. The summed E-state index contributed by atoms with van der Waals surface area (Å²) < 4.78 is 10.7. The molecule has 0 bridgehead atoms. The van der Waals surface area contributed by atoms with Crippen LogP contribution in [0.2, 0.25) is 5.02 Å². The Labute approximate surface area is 87.0 Å². The molecule has 1 saturated heterocycles. The summed E-state index contributed by atoms with van der Waals surface area (Å²) in [5.41, 5.74) is 5.76. The van der Waals surface area contributed by atoms with Crippen molar-refractivity contribution in [3.8, 4) is 5.88 Å². The van der Waals surface area contributed by atoms with E-state index in [2.05, 4.69) is 4.98 Å². The zero-order chi connectivity index (χ0) is 9.97. The van der Waals surface area contributed by atoms with Crippen molar-refractivity contribution in [2.24, 2.45) is 5.73 Å². The van der Waals surface area contributed by atoms with Crippen LogP contribution in [0.15, 0.2) is 18.3 Å². The Morgan fingerprint density at radius 3 is 3.07 bits per heavy atom. The predicted molar refractivity (Wildman–Crippen MR) is 52.5 cm³/mol. The fraction of sp³-hybridized carbons (Fsp3) is 0.444. The van der Waals surface area contributed by atoms with Crippen LogP contribution in [-0.4, -0.2) is 30.3 Å². The average Bonchev–Trinajstić information content (AvgIpc) is 2.56. The van der Waals surface area contributed by atoms with Crippen LogP contribution in [0.4, 0.5) is 0 Å². The van der Waals surface area contributed by atoms with Gasteiger partial charge in [-0.15, -0.1) is 0 Å². The highest BCUT2D eigenvalue weighted by Gasteiger charge is 2.27. The Bertz CT molecular complexity index is 321. The van der Waals surface area contributed by atoms with Gasteiger partial charge in [-0.25, -0.2) is 4.98 Å². The van der Waals surface area contributed by atoms with Gasteiger partial charge in [0.2, 0.25) is 5.88 Å². The Hall–Kier alpha value is -0.840. The minimum Gasteiger partial charge on any atom is -0.469 e. The van der Waals surface area contributed by atoms with Crippen molar-refractivity contribution in [1.82, 2.24) is 4.98 Å². The van der Waals surface area contributed by atoms with Crippen molar-refractivity contribution in [1.29, 1.82) is 0 Å². The number of rotatable bonds is 2. The zero-order valence-corrected chi connectivity index (χ0v) is 8.28.